The van der Waals surface area contributed by atoms with Gasteiger partial charge in [-0.1, -0.05) is 49.0 Å². The van der Waals surface area contributed by atoms with Gasteiger partial charge < -0.3 is 5.32 Å². The lowest BCUT2D eigenvalue weighted by molar-refractivity contribution is -0.115. The number of carbonyl (C=O) groups excluding carboxylic acids is 1. The van der Waals surface area contributed by atoms with E-state index >= 15 is 0 Å². The third kappa shape index (κ3) is 4.97. The molecule has 0 unspecified atom stereocenters. The summed E-state index contributed by atoms with van der Waals surface area (Å²) in [4.78, 5) is 13.0. The second-order valence-corrected chi connectivity index (χ2v) is 8.62. The van der Waals surface area contributed by atoms with Crippen molar-refractivity contribution in [3.8, 4) is 0 Å². The normalized spacial score (nSPS) is 12.5. The highest BCUT2D eigenvalue weighted by atomic mass is 32.2. The van der Waals surface area contributed by atoms with Crippen molar-refractivity contribution in [2.75, 3.05) is 11.9 Å². The number of amides is 1. The first-order valence-corrected chi connectivity index (χ1v) is 10.8. The molecule has 0 saturated heterocycles. The van der Waals surface area contributed by atoms with E-state index in [0.29, 0.717) is 17.3 Å². The Labute approximate surface area is 167 Å². The van der Waals surface area contributed by atoms with E-state index in [0.717, 1.165) is 5.56 Å². The number of sulfonamides is 1. The molecule has 3 aromatic rings. The van der Waals surface area contributed by atoms with E-state index in [1.807, 2.05) is 30.3 Å². The molecule has 2 aromatic carbocycles. The van der Waals surface area contributed by atoms with Crippen LogP contribution in [-0.4, -0.2) is 36.3 Å². The number of hydrogen-bond donors (Lipinski definition) is 3. The lowest BCUT2D eigenvalue weighted by atomic mass is 10.1. The predicted octanol–water partition coefficient (Wildman–Crippen LogP) is 2.58. The van der Waals surface area contributed by atoms with Gasteiger partial charge in [-0.25, -0.2) is 13.1 Å². The minimum Gasteiger partial charge on any atom is -0.325 e. The molecule has 0 saturated carbocycles. The first-order valence-electron chi connectivity index (χ1n) is 8.47. The highest BCUT2D eigenvalue weighted by Crippen LogP contribution is 2.34. The fourth-order valence-electron chi connectivity index (χ4n) is 2.47. The molecule has 0 spiro atoms. The minimum absolute atomic E-state index is 0.143. The van der Waals surface area contributed by atoms with Crippen LogP contribution >= 0.6 is 11.8 Å². The Morgan fingerprint density at radius 1 is 1.14 bits per heavy atom. The summed E-state index contributed by atoms with van der Waals surface area (Å²) in [5, 5.41) is 13.2. The Morgan fingerprint density at radius 3 is 2.46 bits per heavy atom. The number of anilines is 1. The number of H-pyrrole nitrogens is 1. The molecule has 146 valence electrons. The summed E-state index contributed by atoms with van der Waals surface area (Å²) in [6.45, 7) is 2.02. The van der Waals surface area contributed by atoms with Gasteiger partial charge in [0.15, 0.2) is 0 Å². The molecular weight excluding hydrogens is 398 g/mol. The average molecular weight is 418 g/mol. The molecule has 1 atom stereocenters. The zero-order chi connectivity index (χ0) is 20.0. The van der Waals surface area contributed by atoms with Gasteiger partial charge in [-0.3, -0.25) is 4.79 Å². The van der Waals surface area contributed by atoms with Crippen molar-refractivity contribution in [2.45, 2.75) is 22.1 Å². The van der Waals surface area contributed by atoms with Crippen LogP contribution in [0.2, 0.25) is 0 Å². The molecule has 0 fully saturated rings. The summed E-state index contributed by atoms with van der Waals surface area (Å²) in [6.07, 6.45) is 1.55. The molecule has 0 radical (unpaired) electrons. The first-order chi connectivity index (χ1) is 13.5. The van der Waals surface area contributed by atoms with Crippen molar-refractivity contribution in [1.29, 1.82) is 0 Å². The molecule has 0 aliphatic heterocycles. The number of thioether (sulfide) groups is 1. The van der Waals surface area contributed by atoms with E-state index in [1.54, 1.807) is 25.3 Å². The summed E-state index contributed by atoms with van der Waals surface area (Å²) in [5.41, 5.74) is 1.32. The minimum atomic E-state index is -3.53. The van der Waals surface area contributed by atoms with Gasteiger partial charge in [0.25, 0.3) is 0 Å². The maximum Gasteiger partial charge on any atom is 0.242 e. The molecule has 0 aliphatic rings. The van der Waals surface area contributed by atoms with Crippen LogP contribution in [0.15, 0.2) is 70.7 Å². The topological polar surface area (TPSA) is 117 Å². The monoisotopic (exact) mass is 417 g/mol. The number of nitrogens with zero attached hydrogens (tertiary/aromatic N) is 2. The Bertz CT molecular complexity index is 1010. The van der Waals surface area contributed by atoms with E-state index in [-0.39, 0.29) is 10.8 Å². The van der Waals surface area contributed by atoms with Crippen LogP contribution in [0.1, 0.15) is 17.7 Å². The maximum atomic E-state index is 12.9. The van der Waals surface area contributed by atoms with Crippen LogP contribution in [0, 0.1) is 0 Å². The summed E-state index contributed by atoms with van der Waals surface area (Å²) in [7, 11) is -3.53. The van der Waals surface area contributed by atoms with Crippen LogP contribution in [-0.2, 0) is 14.8 Å². The lowest BCUT2D eigenvalue weighted by Gasteiger charge is -2.16. The van der Waals surface area contributed by atoms with Gasteiger partial charge >= 0.3 is 0 Å². The van der Waals surface area contributed by atoms with Crippen molar-refractivity contribution in [3.63, 3.8) is 0 Å². The third-order valence-corrected chi connectivity index (χ3v) is 6.46. The van der Waals surface area contributed by atoms with E-state index < -0.39 is 15.3 Å². The second-order valence-electron chi connectivity index (χ2n) is 5.73. The predicted molar refractivity (Wildman–Crippen MR) is 107 cm³/mol. The van der Waals surface area contributed by atoms with Gasteiger partial charge in [-0.2, -0.15) is 10.3 Å². The van der Waals surface area contributed by atoms with Gasteiger partial charge in [0.1, 0.15) is 10.3 Å². The second kappa shape index (κ2) is 9.00. The Morgan fingerprint density at radius 2 is 1.86 bits per heavy atom. The number of aromatic nitrogens is 3. The van der Waals surface area contributed by atoms with Crippen LogP contribution in [0.5, 0.6) is 0 Å². The zero-order valence-corrected chi connectivity index (χ0v) is 16.6. The molecule has 0 aliphatic carbocycles. The third-order valence-electron chi connectivity index (χ3n) is 3.74. The largest absolute Gasteiger partial charge is 0.325 e. The maximum absolute atomic E-state index is 12.9. The summed E-state index contributed by atoms with van der Waals surface area (Å²) in [6, 6.07) is 15.4. The molecule has 3 rings (SSSR count). The van der Waals surface area contributed by atoms with Gasteiger partial charge in [-0.05, 0) is 29.8 Å². The number of hydrogen-bond acceptors (Lipinski definition) is 6. The SMILES string of the molecule is CCNS(=O)(=O)c1ccc(NC(=O)[C@H](Sc2cn[nH]n2)c2ccccc2)cc1. The fourth-order valence-corrected chi connectivity index (χ4v) is 4.42. The molecule has 1 heterocycles. The van der Waals surface area contributed by atoms with Crippen molar-refractivity contribution in [2.24, 2.45) is 0 Å². The molecule has 10 heteroatoms. The molecule has 3 N–H and O–H groups in total. The van der Waals surface area contributed by atoms with Crippen LogP contribution in [0.4, 0.5) is 5.69 Å². The van der Waals surface area contributed by atoms with Crippen molar-refractivity contribution >= 4 is 33.4 Å². The number of nitrogens with one attached hydrogen (secondary N) is 3. The zero-order valence-electron chi connectivity index (χ0n) is 15.0. The Kier molecular flexibility index (Phi) is 6.45. The molecule has 1 aromatic heterocycles. The van der Waals surface area contributed by atoms with Crippen LogP contribution in [0.25, 0.3) is 0 Å². The lowest BCUT2D eigenvalue weighted by Crippen LogP contribution is -2.23. The highest BCUT2D eigenvalue weighted by molar-refractivity contribution is 8.00. The smallest absolute Gasteiger partial charge is 0.242 e. The Balaban J connectivity index is 1.78. The number of rotatable bonds is 8. The number of aromatic amines is 1. The van der Waals surface area contributed by atoms with Crippen molar-refractivity contribution in [3.05, 3.63) is 66.4 Å². The first kappa shape index (κ1) is 20.1. The number of carbonyl (C=O) groups is 1. The average Bonchev–Trinajstić information content (AvgIpc) is 3.20. The number of benzene rings is 2. The molecule has 28 heavy (non-hydrogen) atoms. The van der Waals surface area contributed by atoms with Gasteiger partial charge in [0.2, 0.25) is 15.9 Å². The fraction of sp³-hybridized carbons (Fsp3) is 0.167. The molecule has 0 bridgehead atoms. The summed E-state index contributed by atoms with van der Waals surface area (Å²) >= 11 is 1.27. The van der Waals surface area contributed by atoms with E-state index in [4.69, 9.17) is 0 Å². The molecule has 1 amide bonds. The quantitative estimate of drug-likeness (QED) is 0.485. The van der Waals surface area contributed by atoms with E-state index in [1.165, 1.54) is 23.9 Å². The summed E-state index contributed by atoms with van der Waals surface area (Å²) in [5.74, 6) is -0.249. The Hall–Kier alpha value is -2.69. The van der Waals surface area contributed by atoms with Crippen molar-refractivity contribution < 1.29 is 13.2 Å². The van der Waals surface area contributed by atoms with Gasteiger partial charge in [0, 0.05) is 12.2 Å². The molecular formula is C18H19N5O3S2. The van der Waals surface area contributed by atoms with Crippen LogP contribution < -0.4 is 10.0 Å². The van der Waals surface area contributed by atoms with Gasteiger partial charge in [-0.15, -0.1) is 5.10 Å². The summed E-state index contributed by atoms with van der Waals surface area (Å²) < 4.78 is 26.5. The van der Waals surface area contributed by atoms with Gasteiger partial charge in [0.05, 0.1) is 11.1 Å². The van der Waals surface area contributed by atoms with Crippen LogP contribution in [0.3, 0.4) is 0 Å². The standard InChI is InChI=1S/C18H19N5O3S2/c1-2-20-28(25,26)15-10-8-14(9-11-15)21-18(24)17(13-6-4-3-5-7-13)27-16-12-19-23-22-16/h3-12,17,20H,2H2,1H3,(H,21,24)(H,19,22,23)/t17-/m1/s1. The van der Waals surface area contributed by atoms with E-state index in [2.05, 4.69) is 25.4 Å². The highest BCUT2D eigenvalue weighted by Gasteiger charge is 2.23. The molecule has 8 nitrogen and oxygen atoms in total. The van der Waals surface area contributed by atoms with Crippen molar-refractivity contribution in [1.82, 2.24) is 20.1 Å². The van der Waals surface area contributed by atoms with E-state index in [9.17, 15) is 13.2 Å².